The van der Waals surface area contributed by atoms with Gasteiger partial charge in [-0.25, -0.2) is 0 Å². The Morgan fingerprint density at radius 1 is 0.200 bits per heavy atom. The van der Waals surface area contributed by atoms with E-state index < -0.39 is 0 Å². The van der Waals surface area contributed by atoms with E-state index in [1.165, 1.54) is 98.4 Å². The summed E-state index contributed by atoms with van der Waals surface area (Å²) in [5, 5.41) is 12.6. The molecule has 0 unspecified atom stereocenters. The van der Waals surface area contributed by atoms with Gasteiger partial charge in [-0.05, 0) is 117 Å². The lowest BCUT2D eigenvalue weighted by Gasteiger charge is -2.18. The van der Waals surface area contributed by atoms with Crippen molar-refractivity contribution in [3.63, 3.8) is 0 Å². The smallest absolute Gasteiger partial charge is 0.00262 e. The molecule has 0 heterocycles. The van der Waals surface area contributed by atoms with Crippen LogP contribution < -0.4 is 0 Å². The highest BCUT2D eigenvalue weighted by molar-refractivity contribution is 6.21. The highest BCUT2D eigenvalue weighted by Gasteiger charge is 2.17. The lowest BCUT2D eigenvalue weighted by atomic mass is 9.85. The van der Waals surface area contributed by atoms with Gasteiger partial charge in [-0.3, -0.25) is 0 Å². The van der Waals surface area contributed by atoms with E-state index >= 15 is 0 Å². The van der Waals surface area contributed by atoms with Crippen molar-refractivity contribution >= 4 is 53.9 Å². The fourth-order valence-electron chi connectivity index (χ4n) is 7.99. The van der Waals surface area contributed by atoms with E-state index in [0.29, 0.717) is 0 Å². The van der Waals surface area contributed by atoms with Crippen LogP contribution in [0.25, 0.3) is 98.4 Å². The summed E-state index contributed by atoms with van der Waals surface area (Å²) in [6.45, 7) is 0. The first-order valence-electron chi connectivity index (χ1n) is 17.3. The van der Waals surface area contributed by atoms with Crippen molar-refractivity contribution in [2.45, 2.75) is 0 Å². The Kier molecular flexibility index (Phi) is 6.60. The van der Waals surface area contributed by atoms with E-state index in [0.717, 1.165) is 0 Å². The van der Waals surface area contributed by atoms with E-state index in [4.69, 9.17) is 0 Å². The Labute approximate surface area is 291 Å². The summed E-state index contributed by atoms with van der Waals surface area (Å²) in [5.41, 5.74) is 10.0. The molecule has 0 bridgehead atoms. The van der Waals surface area contributed by atoms with Gasteiger partial charge in [0.2, 0.25) is 0 Å². The molecule has 0 aliphatic rings. The van der Waals surface area contributed by atoms with Crippen LogP contribution in [-0.4, -0.2) is 0 Å². The Balaban J connectivity index is 1.10. The topological polar surface area (TPSA) is 0 Å². The van der Waals surface area contributed by atoms with Crippen molar-refractivity contribution in [2.75, 3.05) is 0 Å². The predicted octanol–water partition coefficient (Wildman–Crippen LogP) is 14.1. The van der Waals surface area contributed by atoms with Crippen LogP contribution in [0.4, 0.5) is 0 Å². The molecule has 0 saturated heterocycles. The molecule has 50 heavy (non-hydrogen) atoms. The predicted molar refractivity (Wildman–Crippen MR) is 216 cm³/mol. The minimum absolute atomic E-state index is 1.23. The average molecular weight is 633 g/mol. The highest BCUT2D eigenvalue weighted by Crippen LogP contribution is 2.44. The van der Waals surface area contributed by atoms with E-state index in [2.05, 4.69) is 194 Å². The number of hydrogen-bond donors (Lipinski definition) is 0. The second-order valence-electron chi connectivity index (χ2n) is 13.3. The van der Waals surface area contributed by atoms with Crippen molar-refractivity contribution < 1.29 is 0 Å². The molecule has 10 aromatic carbocycles. The van der Waals surface area contributed by atoms with Crippen LogP contribution in [0.15, 0.2) is 194 Å². The maximum atomic E-state index is 2.37. The second kappa shape index (κ2) is 11.6. The standard InChI is InChI=1S/C50H32/c1-2-12-37-30-38(25-20-33(37)10-1)39-26-27-41-32-42(29-28-40(41)31-39)50-47-17-7-5-15-45(47)49(46-16-6-8-18-48(46)50)36-23-21-35(22-24-36)44-19-9-13-34-11-3-4-14-43(34)44/h1-32H. The second-order valence-corrected chi connectivity index (χ2v) is 13.3. The number of rotatable bonds is 4. The van der Waals surface area contributed by atoms with E-state index in [1.54, 1.807) is 0 Å². The molecule has 0 heteroatoms. The van der Waals surface area contributed by atoms with E-state index in [-0.39, 0.29) is 0 Å². The molecule has 0 atom stereocenters. The minimum atomic E-state index is 1.23. The maximum Gasteiger partial charge on any atom is -0.00262 e. The largest absolute Gasteiger partial charge is 0.0616 e. The zero-order chi connectivity index (χ0) is 33.0. The average Bonchev–Trinajstić information content (AvgIpc) is 3.19. The van der Waals surface area contributed by atoms with Crippen molar-refractivity contribution in [3.05, 3.63) is 194 Å². The number of benzene rings is 10. The molecule has 0 aliphatic heterocycles. The molecule has 232 valence electrons. The summed E-state index contributed by atoms with van der Waals surface area (Å²) < 4.78 is 0. The monoisotopic (exact) mass is 632 g/mol. The quantitative estimate of drug-likeness (QED) is 0.169. The van der Waals surface area contributed by atoms with Gasteiger partial charge in [0.15, 0.2) is 0 Å². The molecule has 0 saturated carbocycles. The molecule has 0 N–H and O–H groups in total. The van der Waals surface area contributed by atoms with Gasteiger partial charge in [0, 0.05) is 0 Å². The van der Waals surface area contributed by atoms with Crippen LogP contribution in [0.3, 0.4) is 0 Å². The van der Waals surface area contributed by atoms with Crippen molar-refractivity contribution in [1.82, 2.24) is 0 Å². The third-order valence-corrected chi connectivity index (χ3v) is 10.4. The normalized spacial score (nSPS) is 11.6. The molecule has 0 nitrogen and oxygen atoms in total. The third-order valence-electron chi connectivity index (χ3n) is 10.4. The summed E-state index contributed by atoms with van der Waals surface area (Å²) in [4.78, 5) is 0. The van der Waals surface area contributed by atoms with Crippen molar-refractivity contribution in [2.24, 2.45) is 0 Å². The summed E-state index contributed by atoms with van der Waals surface area (Å²) in [5.74, 6) is 0. The molecule has 10 rings (SSSR count). The van der Waals surface area contributed by atoms with E-state index in [1.807, 2.05) is 0 Å². The fourth-order valence-corrected chi connectivity index (χ4v) is 7.99. The zero-order valence-corrected chi connectivity index (χ0v) is 27.5. The van der Waals surface area contributed by atoms with Crippen LogP contribution in [0, 0.1) is 0 Å². The highest BCUT2D eigenvalue weighted by atomic mass is 14.2. The molecule has 0 radical (unpaired) electrons. The molecular formula is C50H32. The zero-order valence-electron chi connectivity index (χ0n) is 27.5. The Morgan fingerprint density at radius 2 is 0.580 bits per heavy atom. The van der Waals surface area contributed by atoms with E-state index in [9.17, 15) is 0 Å². The molecule has 0 aromatic heterocycles. The van der Waals surface area contributed by atoms with Crippen LogP contribution >= 0.6 is 0 Å². The van der Waals surface area contributed by atoms with Gasteiger partial charge in [0.1, 0.15) is 0 Å². The van der Waals surface area contributed by atoms with Crippen LogP contribution in [-0.2, 0) is 0 Å². The summed E-state index contributed by atoms with van der Waals surface area (Å²) in [7, 11) is 0. The molecular weight excluding hydrogens is 601 g/mol. The number of fused-ring (bicyclic) bond motifs is 5. The Hall–Kier alpha value is -6.50. The summed E-state index contributed by atoms with van der Waals surface area (Å²) in [6, 6.07) is 71.3. The first kappa shape index (κ1) is 28.5. The van der Waals surface area contributed by atoms with Gasteiger partial charge in [0.25, 0.3) is 0 Å². The van der Waals surface area contributed by atoms with Crippen LogP contribution in [0.5, 0.6) is 0 Å². The first-order valence-corrected chi connectivity index (χ1v) is 17.3. The maximum absolute atomic E-state index is 2.37. The summed E-state index contributed by atoms with van der Waals surface area (Å²) >= 11 is 0. The first-order chi connectivity index (χ1) is 24.8. The van der Waals surface area contributed by atoms with Gasteiger partial charge >= 0.3 is 0 Å². The summed E-state index contributed by atoms with van der Waals surface area (Å²) in [6.07, 6.45) is 0. The number of hydrogen-bond acceptors (Lipinski definition) is 0. The molecule has 0 spiro atoms. The third kappa shape index (κ3) is 4.69. The Bertz CT molecular complexity index is 2850. The van der Waals surface area contributed by atoms with Gasteiger partial charge in [-0.15, -0.1) is 0 Å². The Morgan fingerprint density at radius 3 is 1.20 bits per heavy atom. The van der Waals surface area contributed by atoms with Crippen LogP contribution in [0.2, 0.25) is 0 Å². The van der Waals surface area contributed by atoms with Gasteiger partial charge in [0.05, 0.1) is 0 Å². The molecule has 0 amide bonds. The lowest BCUT2D eigenvalue weighted by molar-refractivity contribution is 1.63. The lowest BCUT2D eigenvalue weighted by Crippen LogP contribution is -1.91. The van der Waals surface area contributed by atoms with Crippen molar-refractivity contribution in [3.8, 4) is 44.5 Å². The van der Waals surface area contributed by atoms with Gasteiger partial charge in [-0.1, -0.05) is 176 Å². The SMILES string of the molecule is c1ccc2cc(-c3ccc4cc(-c5c6ccccc6c(-c6ccc(-c7cccc8ccccc78)cc6)c6ccccc56)ccc4c3)ccc2c1. The molecule has 10 aromatic rings. The molecule has 0 fully saturated rings. The van der Waals surface area contributed by atoms with Gasteiger partial charge < -0.3 is 0 Å². The van der Waals surface area contributed by atoms with Crippen LogP contribution in [0.1, 0.15) is 0 Å². The molecule has 0 aliphatic carbocycles. The van der Waals surface area contributed by atoms with Crippen molar-refractivity contribution in [1.29, 1.82) is 0 Å². The fraction of sp³-hybridized carbons (Fsp3) is 0. The minimum Gasteiger partial charge on any atom is -0.0616 e. The van der Waals surface area contributed by atoms with Gasteiger partial charge in [-0.2, -0.15) is 0 Å².